The van der Waals surface area contributed by atoms with Crippen LogP contribution in [0.5, 0.6) is 0 Å². The molecule has 1 heterocycles. The summed E-state index contributed by atoms with van der Waals surface area (Å²) in [7, 11) is -0.743. The molecule has 0 aromatic carbocycles. The molecule has 0 saturated heterocycles. The van der Waals surface area contributed by atoms with Crippen molar-refractivity contribution in [2.45, 2.75) is 32.9 Å². The Morgan fingerprint density at radius 3 is 2.67 bits per heavy atom. The van der Waals surface area contributed by atoms with E-state index in [-0.39, 0.29) is 6.04 Å². The van der Waals surface area contributed by atoms with Gasteiger partial charge in [0.05, 0.1) is 6.54 Å². The third-order valence-electron chi connectivity index (χ3n) is 2.18. The Balaban J connectivity index is 2.33. The fourth-order valence-electron chi connectivity index (χ4n) is 1.39. The van der Waals surface area contributed by atoms with E-state index in [1.807, 2.05) is 19.1 Å². The quantitative estimate of drug-likeness (QED) is 0.807. The van der Waals surface area contributed by atoms with E-state index in [2.05, 4.69) is 12.2 Å². The lowest BCUT2D eigenvalue weighted by atomic mass is 10.3. The second kappa shape index (κ2) is 6.08. The molecule has 15 heavy (non-hydrogen) atoms. The first-order valence-corrected chi connectivity index (χ1v) is 6.95. The fraction of sp³-hybridized carbons (Fsp3) is 0.636. The first-order valence-electron chi connectivity index (χ1n) is 5.22. The molecule has 1 N–H and O–H groups in total. The Morgan fingerprint density at radius 1 is 1.47 bits per heavy atom. The normalized spacial score (nSPS) is 15.1. The lowest BCUT2D eigenvalue weighted by molar-refractivity contribution is 0.439. The maximum absolute atomic E-state index is 11.0. The molecule has 0 aliphatic rings. The first-order chi connectivity index (χ1) is 7.11. The minimum atomic E-state index is -0.743. The lowest BCUT2D eigenvalue weighted by Gasteiger charge is -2.10. The smallest absolute Gasteiger partial charge is 0.117 e. The van der Waals surface area contributed by atoms with Gasteiger partial charge < -0.3 is 9.73 Å². The molecule has 86 valence electrons. The summed E-state index contributed by atoms with van der Waals surface area (Å²) in [5.74, 6) is 2.64. The van der Waals surface area contributed by atoms with Gasteiger partial charge in [-0.1, -0.05) is 6.92 Å². The minimum absolute atomic E-state index is 0.256. The van der Waals surface area contributed by atoms with E-state index < -0.39 is 10.8 Å². The van der Waals surface area contributed by atoms with E-state index in [1.165, 1.54) is 0 Å². The van der Waals surface area contributed by atoms with Crippen molar-refractivity contribution in [2.75, 3.05) is 12.0 Å². The van der Waals surface area contributed by atoms with Gasteiger partial charge in [0, 0.05) is 35.3 Å². The van der Waals surface area contributed by atoms with Crippen LogP contribution in [0.25, 0.3) is 0 Å². The largest absolute Gasteiger partial charge is 0.465 e. The molecule has 2 atom stereocenters. The molecule has 0 aliphatic carbocycles. The molecule has 0 spiro atoms. The van der Waals surface area contributed by atoms with Crippen molar-refractivity contribution < 1.29 is 8.63 Å². The summed E-state index contributed by atoms with van der Waals surface area (Å²) in [5.41, 5.74) is 0. The number of hydrogen-bond donors (Lipinski definition) is 1. The van der Waals surface area contributed by atoms with E-state index in [1.54, 1.807) is 6.26 Å². The van der Waals surface area contributed by atoms with Crippen LogP contribution in [0.2, 0.25) is 0 Å². The summed E-state index contributed by atoms with van der Waals surface area (Å²) in [6, 6.07) is 4.24. The Bertz CT molecular complexity index is 322. The van der Waals surface area contributed by atoms with Gasteiger partial charge in [-0.05, 0) is 19.1 Å². The average Bonchev–Trinajstić information content (AvgIpc) is 2.61. The fourth-order valence-corrected chi connectivity index (χ4v) is 2.22. The first kappa shape index (κ1) is 12.5. The van der Waals surface area contributed by atoms with Crippen LogP contribution in [-0.2, 0) is 23.8 Å². The lowest BCUT2D eigenvalue weighted by Crippen LogP contribution is -2.30. The molecular weight excluding hydrogens is 210 g/mol. The molecule has 1 aromatic rings. The molecule has 0 amide bonds. The van der Waals surface area contributed by atoms with Crippen LogP contribution in [0.15, 0.2) is 16.5 Å². The van der Waals surface area contributed by atoms with Crippen LogP contribution in [-0.4, -0.2) is 22.3 Å². The van der Waals surface area contributed by atoms with Crippen molar-refractivity contribution >= 4 is 10.8 Å². The predicted molar refractivity (Wildman–Crippen MR) is 63.3 cm³/mol. The highest BCUT2D eigenvalue weighted by atomic mass is 32.2. The Hall–Kier alpha value is -0.610. The molecule has 0 bridgehead atoms. The molecular formula is C11H19NO2S. The maximum atomic E-state index is 11.0. The summed E-state index contributed by atoms with van der Waals surface area (Å²) < 4.78 is 16.5. The van der Waals surface area contributed by atoms with Crippen LogP contribution in [0.3, 0.4) is 0 Å². The third kappa shape index (κ3) is 4.62. The van der Waals surface area contributed by atoms with E-state index in [9.17, 15) is 4.21 Å². The number of hydrogen-bond acceptors (Lipinski definition) is 3. The van der Waals surface area contributed by atoms with Gasteiger partial charge in [0.25, 0.3) is 0 Å². The molecule has 4 heteroatoms. The van der Waals surface area contributed by atoms with Crippen LogP contribution < -0.4 is 5.32 Å². The second-order valence-electron chi connectivity index (χ2n) is 3.74. The standard InChI is InChI=1S/C11H19NO2S/c1-4-10-5-6-11(14-10)7-12-9(2)8-15(3)13/h5-6,9,12H,4,7-8H2,1-3H3. The van der Waals surface area contributed by atoms with Gasteiger partial charge in [0.1, 0.15) is 11.5 Å². The van der Waals surface area contributed by atoms with Crippen molar-refractivity contribution in [3.05, 3.63) is 23.7 Å². The van der Waals surface area contributed by atoms with Crippen LogP contribution in [0.4, 0.5) is 0 Å². The SMILES string of the molecule is CCc1ccc(CNC(C)CS(C)=O)o1. The highest BCUT2D eigenvalue weighted by Crippen LogP contribution is 2.08. The third-order valence-corrected chi connectivity index (χ3v) is 3.14. The predicted octanol–water partition coefficient (Wildman–Crippen LogP) is 1.70. The highest BCUT2D eigenvalue weighted by Gasteiger charge is 2.05. The van der Waals surface area contributed by atoms with Gasteiger partial charge in [0.2, 0.25) is 0 Å². The van der Waals surface area contributed by atoms with Crippen molar-refractivity contribution in [1.29, 1.82) is 0 Å². The van der Waals surface area contributed by atoms with Gasteiger partial charge >= 0.3 is 0 Å². The monoisotopic (exact) mass is 229 g/mol. The van der Waals surface area contributed by atoms with Crippen molar-refractivity contribution in [1.82, 2.24) is 5.32 Å². The Morgan fingerprint density at radius 2 is 2.13 bits per heavy atom. The van der Waals surface area contributed by atoms with Crippen molar-refractivity contribution in [3.63, 3.8) is 0 Å². The van der Waals surface area contributed by atoms with Gasteiger partial charge in [-0.2, -0.15) is 0 Å². The molecule has 2 unspecified atom stereocenters. The molecule has 0 saturated carbocycles. The number of nitrogens with one attached hydrogen (secondary N) is 1. The minimum Gasteiger partial charge on any atom is -0.465 e. The van der Waals surface area contributed by atoms with Crippen LogP contribution in [0.1, 0.15) is 25.4 Å². The molecule has 0 radical (unpaired) electrons. The average molecular weight is 229 g/mol. The summed E-state index contributed by atoms with van der Waals surface area (Å²) in [5, 5.41) is 3.28. The zero-order valence-corrected chi connectivity index (χ0v) is 10.4. The van der Waals surface area contributed by atoms with E-state index in [4.69, 9.17) is 4.42 Å². The summed E-state index contributed by atoms with van der Waals surface area (Å²) in [6.07, 6.45) is 2.65. The van der Waals surface area contributed by atoms with Gasteiger partial charge in [-0.25, -0.2) is 0 Å². The zero-order valence-electron chi connectivity index (χ0n) is 9.58. The number of furan rings is 1. The molecule has 0 fully saturated rings. The van der Waals surface area contributed by atoms with Gasteiger partial charge in [-0.3, -0.25) is 4.21 Å². The van der Waals surface area contributed by atoms with E-state index >= 15 is 0 Å². The summed E-state index contributed by atoms with van der Waals surface area (Å²) in [4.78, 5) is 0. The Labute approximate surface area is 93.7 Å². The van der Waals surface area contributed by atoms with E-state index in [0.717, 1.165) is 17.9 Å². The molecule has 3 nitrogen and oxygen atoms in total. The number of aryl methyl sites for hydroxylation is 1. The molecule has 1 aromatic heterocycles. The second-order valence-corrected chi connectivity index (χ2v) is 5.22. The number of rotatable bonds is 6. The zero-order chi connectivity index (χ0) is 11.3. The van der Waals surface area contributed by atoms with Crippen molar-refractivity contribution in [3.8, 4) is 0 Å². The Kier molecular flexibility index (Phi) is 5.05. The molecule has 1 rings (SSSR count). The van der Waals surface area contributed by atoms with E-state index in [0.29, 0.717) is 12.3 Å². The molecule has 0 aliphatic heterocycles. The van der Waals surface area contributed by atoms with Crippen molar-refractivity contribution in [2.24, 2.45) is 0 Å². The van der Waals surface area contributed by atoms with Gasteiger partial charge in [-0.15, -0.1) is 0 Å². The van der Waals surface area contributed by atoms with Gasteiger partial charge in [0.15, 0.2) is 0 Å². The van der Waals surface area contributed by atoms with Crippen LogP contribution in [0, 0.1) is 0 Å². The van der Waals surface area contributed by atoms with Crippen LogP contribution >= 0.6 is 0 Å². The highest BCUT2D eigenvalue weighted by molar-refractivity contribution is 7.84. The summed E-state index contributed by atoms with van der Waals surface area (Å²) in [6.45, 7) is 4.81. The maximum Gasteiger partial charge on any atom is 0.117 e. The summed E-state index contributed by atoms with van der Waals surface area (Å²) >= 11 is 0. The topological polar surface area (TPSA) is 42.2 Å².